The van der Waals surface area contributed by atoms with E-state index in [2.05, 4.69) is 10.0 Å². The zero-order chi connectivity index (χ0) is 21.7. The lowest BCUT2D eigenvalue weighted by Gasteiger charge is -2.10. The Bertz CT molecular complexity index is 1160. The summed E-state index contributed by atoms with van der Waals surface area (Å²) in [4.78, 5) is 24.9. The van der Waals surface area contributed by atoms with Crippen LogP contribution in [0.2, 0.25) is 0 Å². The summed E-state index contributed by atoms with van der Waals surface area (Å²) < 4.78 is 27.5. The fourth-order valence-corrected chi connectivity index (χ4v) is 4.12. The molecule has 6 nitrogen and oxygen atoms in total. The van der Waals surface area contributed by atoms with Gasteiger partial charge in [0.1, 0.15) is 0 Å². The van der Waals surface area contributed by atoms with Crippen molar-refractivity contribution in [3.63, 3.8) is 0 Å². The molecule has 8 heteroatoms. The molecule has 0 aliphatic heterocycles. The minimum absolute atomic E-state index is 0.0445. The zero-order valence-corrected chi connectivity index (χ0v) is 18.0. The second-order valence-corrected chi connectivity index (χ2v) is 9.01. The third-order valence-electron chi connectivity index (χ3n) is 4.32. The molecule has 0 atom stereocenters. The minimum atomic E-state index is -3.81. The standard InChI is InChI=1S/C22H20N2O4S2/c1-15(25)16-5-13-21(14-6-16)30(27,28)24-19-7-3-17(4-8-19)22(26)23-18-9-11-20(29-2)12-10-18/h3-14,24H,1-2H3,(H,23,26). The molecule has 0 heterocycles. The van der Waals surface area contributed by atoms with Crippen molar-refractivity contribution in [3.8, 4) is 0 Å². The van der Waals surface area contributed by atoms with E-state index in [4.69, 9.17) is 0 Å². The molecular weight excluding hydrogens is 420 g/mol. The molecule has 0 spiro atoms. The molecule has 0 saturated carbocycles. The summed E-state index contributed by atoms with van der Waals surface area (Å²) in [5.41, 5.74) is 1.84. The van der Waals surface area contributed by atoms with E-state index in [-0.39, 0.29) is 16.6 Å². The Morgan fingerprint density at radius 3 is 1.83 bits per heavy atom. The number of thioether (sulfide) groups is 1. The van der Waals surface area contributed by atoms with Gasteiger partial charge in [0.15, 0.2) is 5.78 Å². The average molecular weight is 441 g/mol. The van der Waals surface area contributed by atoms with Crippen LogP contribution in [0.4, 0.5) is 11.4 Å². The smallest absolute Gasteiger partial charge is 0.261 e. The molecule has 30 heavy (non-hydrogen) atoms. The van der Waals surface area contributed by atoms with Gasteiger partial charge in [-0.05, 0) is 73.8 Å². The van der Waals surface area contributed by atoms with Crippen LogP contribution in [0.25, 0.3) is 0 Å². The Balaban J connectivity index is 1.68. The van der Waals surface area contributed by atoms with E-state index in [1.165, 1.54) is 43.3 Å². The molecule has 1 amide bonds. The molecule has 3 rings (SSSR count). The first-order valence-corrected chi connectivity index (χ1v) is 11.7. The van der Waals surface area contributed by atoms with Crippen LogP contribution in [0.15, 0.2) is 82.6 Å². The molecule has 2 N–H and O–H groups in total. The van der Waals surface area contributed by atoms with Gasteiger partial charge in [-0.25, -0.2) is 8.42 Å². The highest BCUT2D eigenvalue weighted by Gasteiger charge is 2.15. The van der Waals surface area contributed by atoms with Crippen LogP contribution in [-0.2, 0) is 10.0 Å². The van der Waals surface area contributed by atoms with Crippen LogP contribution in [0.3, 0.4) is 0 Å². The summed E-state index contributed by atoms with van der Waals surface area (Å²) in [6, 6.07) is 19.3. The summed E-state index contributed by atoms with van der Waals surface area (Å²) in [5, 5.41) is 2.80. The maximum atomic E-state index is 12.5. The van der Waals surface area contributed by atoms with Gasteiger partial charge in [0.2, 0.25) is 0 Å². The first kappa shape index (κ1) is 21.6. The topological polar surface area (TPSA) is 92.3 Å². The summed E-state index contributed by atoms with van der Waals surface area (Å²) in [6.07, 6.45) is 1.98. The van der Waals surface area contributed by atoms with Gasteiger partial charge in [-0.2, -0.15) is 0 Å². The molecule has 0 saturated heterocycles. The van der Waals surface area contributed by atoms with Gasteiger partial charge in [0.05, 0.1) is 4.90 Å². The number of rotatable bonds is 7. The first-order chi connectivity index (χ1) is 14.3. The van der Waals surface area contributed by atoms with Crippen LogP contribution >= 0.6 is 11.8 Å². The van der Waals surface area contributed by atoms with Crippen molar-refractivity contribution in [2.75, 3.05) is 16.3 Å². The number of Topliss-reactive ketones (excluding diaryl/α,β-unsaturated/α-hetero) is 1. The molecule has 0 radical (unpaired) electrons. The number of hydrogen-bond acceptors (Lipinski definition) is 5. The van der Waals surface area contributed by atoms with Crippen LogP contribution in [0, 0.1) is 0 Å². The second-order valence-electron chi connectivity index (χ2n) is 6.45. The summed E-state index contributed by atoms with van der Waals surface area (Å²) in [7, 11) is -3.81. The number of carbonyl (C=O) groups excluding carboxylic acids is 2. The number of ketones is 1. The third kappa shape index (κ3) is 5.28. The minimum Gasteiger partial charge on any atom is -0.322 e. The van der Waals surface area contributed by atoms with Crippen molar-refractivity contribution in [3.05, 3.63) is 83.9 Å². The highest BCUT2D eigenvalue weighted by molar-refractivity contribution is 7.98. The van der Waals surface area contributed by atoms with Gasteiger partial charge in [-0.3, -0.25) is 14.3 Å². The monoisotopic (exact) mass is 440 g/mol. The van der Waals surface area contributed by atoms with Crippen molar-refractivity contribution in [2.45, 2.75) is 16.7 Å². The fourth-order valence-electron chi connectivity index (χ4n) is 2.65. The number of amides is 1. The zero-order valence-electron chi connectivity index (χ0n) is 16.4. The molecule has 0 aliphatic rings. The van der Waals surface area contributed by atoms with Crippen molar-refractivity contribution in [1.29, 1.82) is 0 Å². The SMILES string of the molecule is CSc1ccc(NC(=O)c2ccc(NS(=O)(=O)c3ccc(C(C)=O)cc3)cc2)cc1. The number of benzene rings is 3. The van der Waals surface area contributed by atoms with Gasteiger partial charge in [-0.1, -0.05) is 12.1 Å². The lowest BCUT2D eigenvalue weighted by molar-refractivity contribution is 0.101. The van der Waals surface area contributed by atoms with Gasteiger partial charge >= 0.3 is 0 Å². The Labute approximate surface area is 179 Å². The highest BCUT2D eigenvalue weighted by Crippen LogP contribution is 2.20. The molecule has 0 unspecified atom stereocenters. The van der Waals surface area contributed by atoms with Crippen LogP contribution < -0.4 is 10.0 Å². The largest absolute Gasteiger partial charge is 0.322 e. The highest BCUT2D eigenvalue weighted by atomic mass is 32.2. The number of hydrogen-bond donors (Lipinski definition) is 2. The average Bonchev–Trinajstić information content (AvgIpc) is 2.74. The van der Waals surface area contributed by atoms with Gasteiger partial charge in [-0.15, -0.1) is 11.8 Å². The number of sulfonamides is 1. The molecule has 0 fully saturated rings. The van der Waals surface area contributed by atoms with E-state index in [9.17, 15) is 18.0 Å². The normalized spacial score (nSPS) is 11.0. The fraction of sp³-hybridized carbons (Fsp3) is 0.0909. The van der Waals surface area contributed by atoms with Crippen LogP contribution in [0.5, 0.6) is 0 Å². The second kappa shape index (κ2) is 9.15. The molecule has 0 bridgehead atoms. The van der Waals surface area contributed by atoms with E-state index in [0.29, 0.717) is 22.5 Å². The van der Waals surface area contributed by atoms with E-state index in [0.717, 1.165) is 4.90 Å². The number of carbonyl (C=O) groups is 2. The Kier molecular flexibility index (Phi) is 6.59. The predicted molar refractivity (Wildman–Crippen MR) is 120 cm³/mol. The van der Waals surface area contributed by atoms with Crippen molar-refractivity contribution < 1.29 is 18.0 Å². The summed E-state index contributed by atoms with van der Waals surface area (Å²) >= 11 is 1.62. The van der Waals surface area contributed by atoms with Gasteiger partial charge in [0.25, 0.3) is 15.9 Å². The predicted octanol–water partition coefficient (Wildman–Crippen LogP) is 4.66. The summed E-state index contributed by atoms with van der Waals surface area (Å²) in [6.45, 7) is 1.42. The molecular formula is C22H20N2O4S2. The van der Waals surface area contributed by atoms with Crippen molar-refractivity contribution >= 4 is 44.9 Å². The lowest BCUT2D eigenvalue weighted by atomic mass is 10.2. The van der Waals surface area contributed by atoms with E-state index in [1.54, 1.807) is 23.9 Å². The van der Waals surface area contributed by atoms with E-state index < -0.39 is 10.0 Å². The molecule has 3 aromatic rings. The molecule has 154 valence electrons. The maximum Gasteiger partial charge on any atom is 0.261 e. The molecule has 0 aromatic heterocycles. The Morgan fingerprint density at radius 2 is 1.30 bits per heavy atom. The quantitative estimate of drug-likeness (QED) is 0.412. The van der Waals surface area contributed by atoms with E-state index >= 15 is 0 Å². The maximum absolute atomic E-state index is 12.5. The van der Waals surface area contributed by atoms with Crippen LogP contribution in [-0.4, -0.2) is 26.4 Å². The first-order valence-electron chi connectivity index (χ1n) is 8.98. The van der Waals surface area contributed by atoms with Crippen molar-refractivity contribution in [2.24, 2.45) is 0 Å². The Hall–Kier alpha value is -3.10. The summed E-state index contributed by atoms with van der Waals surface area (Å²) in [5.74, 6) is -0.429. The number of nitrogens with one attached hydrogen (secondary N) is 2. The number of anilines is 2. The van der Waals surface area contributed by atoms with Gasteiger partial charge in [0, 0.05) is 27.4 Å². The third-order valence-corrected chi connectivity index (χ3v) is 6.46. The van der Waals surface area contributed by atoms with Crippen molar-refractivity contribution in [1.82, 2.24) is 0 Å². The van der Waals surface area contributed by atoms with E-state index in [1.807, 2.05) is 30.5 Å². The Morgan fingerprint density at radius 1 is 0.767 bits per heavy atom. The lowest BCUT2D eigenvalue weighted by Crippen LogP contribution is -2.14. The van der Waals surface area contributed by atoms with Crippen LogP contribution in [0.1, 0.15) is 27.6 Å². The van der Waals surface area contributed by atoms with Gasteiger partial charge < -0.3 is 5.32 Å². The molecule has 0 aliphatic carbocycles. The molecule has 3 aromatic carbocycles.